The molecule has 2 heterocycles. The summed E-state index contributed by atoms with van der Waals surface area (Å²) in [7, 11) is 0. The molecule has 1 aromatic rings. The van der Waals surface area contributed by atoms with Gasteiger partial charge >= 0.3 is 0 Å². The second-order valence-corrected chi connectivity index (χ2v) is 6.06. The van der Waals surface area contributed by atoms with Crippen molar-refractivity contribution in [2.45, 2.75) is 38.0 Å². The van der Waals surface area contributed by atoms with E-state index >= 15 is 0 Å². The van der Waals surface area contributed by atoms with E-state index in [1.54, 1.807) is 18.2 Å². The van der Waals surface area contributed by atoms with Crippen LogP contribution < -0.4 is 5.32 Å². The van der Waals surface area contributed by atoms with Crippen molar-refractivity contribution in [1.82, 2.24) is 10.2 Å². The monoisotopic (exact) mass is 290 g/mol. The number of phenols is 1. The molecule has 0 aromatic heterocycles. The van der Waals surface area contributed by atoms with Gasteiger partial charge in [0, 0.05) is 30.7 Å². The Hall–Kier alpha value is -1.59. The van der Waals surface area contributed by atoms with Gasteiger partial charge in [-0.15, -0.1) is 0 Å². The molecule has 2 aliphatic heterocycles. The van der Waals surface area contributed by atoms with Crippen molar-refractivity contribution in [3.05, 3.63) is 29.8 Å². The predicted molar refractivity (Wildman–Crippen MR) is 79.1 cm³/mol. The van der Waals surface area contributed by atoms with Gasteiger partial charge in [-0.05, 0) is 19.4 Å². The number of morpholine rings is 1. The minimum Gasteiger partial charge on any atom is -0.508 e. The molecule has 3 rings (SSSR count). The molecule has 0 aliphatic carbocycles. The summed E-state index contributed by atoms with van der Waals surface area (Å²) in [4.78, 5) is 14.5. The number of hydrogen-bond acceptors (Lipinski definition) is 4. The highest BCUT2D eigenvalue weighted by molar-refractivity contribution is 5.79. The fourth-order valence-corrected chi connectivity index (χ4v) is 3.26. The van der Waals surface area contributed by atoms with Gasteiger partial charge in [-0.25, -0.2) is 0 Å². The fourth-order valence-electron chi connectivity index (χ4n) is 3.26. The van der Waals surface area contributed by atoms with E-state index in [4.69, 9.17) is 4.74 Å². The number of aromatic hydroxyl groups is 1. The van der Waals surface area contributed by atoms with E-state index in [0.29, 0.717) is 11.6 Å². The summed E-state index contributed by atoms with van der Waals surface area (Å²) < 4.78 is 5.67. The van der Waals surface area contributed by atoms with Crippen LogP contribution >= 0.6 is 0 Å². The van der Waals surface area contributed by atoms with Gasteiger partial charge in [0.15, 0.2) is 0 Å². The number of benzene rings is 1. The van der Waals surface area contributed by atoms with Crippen LogP contribution in [0.2, 0.25) is 0 Å². The molecule has 1 aromatic carbocycles. The number of para-hydroxylation sites is 1. The Morgan fingerprint density at radius 3 is 3.05 bits per heavy atom. The van der Waals surface area contributed by atoms with Crippen molar-refractivity contribution in [1.29, 1.82) is 0 Å². The van der Waals surface area contributed by atoms with E-state index in [0.717, 1.165) is 26.1 Å². The van der Waals surface area contributed by atoms with Crippen LogP contribution in [0, 0.1) is 0 Å². The van der Waals surface area contributed by atoms with Crippen LogP contribution in [0.25, 0.3) is 0 Å². The number of nitrogens with zero attached hydrogens (tertiary/aromatic N) is 1. The highest BCUT2D eigenvalue weighted by Crippen LogP contribution is 2.23. The molecule has 2 saturated heterocycles. The van der Waals surface area contributed by atoms with Gasteiger partial charge in [0.1, 0.15) is 5.75 Å². The maximum Gasteiger partial charge on any atom is 0.224 e. The number of carbonyl (C=O) groups is 1. The predicted octanol–water partition coefficient (Wildman–Crippen LogP) is 0.912. The molecule has 0 bridgehead atoms. The highest BCUT2D eigenvalue weighted by atomic mass is 16.5. The molecule has 5 heteroatoms. The van der Waals surface area contributed by atoms with Crippen molar-refractivity contribution in [2.24, 2.45) is 0 Å². The first-order valence-electron chi connectivity index (χ1n) is 7.53. The van der Waals surface area contributed by atoms with Crippen LogP contribution in [0.1, 0.15) is 18.9 Å². The maximum atomic E-state index is 12.1. The van der Waals surface area contributed by atoms with E-state index in [-0.39, 0.29) is 30.2 Å². The maximum absolute atomic E-state index is 12.1. The van der Waals surface area contributed by atoms with Crippen LogP contribution in [0.5, 0.6) is 5.75 Å². The quantitative estimate of drug-likeness (QED) is 0.869. The number of ether oxygens (including phenoxy) is 1. The molecule has 21 heavy (non-hydrogen) atoms. The number of rotatable bonds is 3. The number of fused-ring (bicyclic) bond motifs is 1. The smallest absolute Gasteiger partial charge is 0.224 e. The molecule has 3 atom stereocenters. The standard InChI is InChI=1S/C16H22N2O3/c1-11-8-18-9-13(7-14(18)10-21-11)17-16(20)6-12-4-2-3-5-15(12)19/h2-5,11,13-14,19H,6-10H2,1H3,(H,17,20)/t11-,13+,14+/m1/s1. The topological polar surface area (TPSA) is 61.8 Å². The lowest BCUT2D eigenvalue weighted by Gasteiger charge is -2.33. The average Bonchev–Trinajstić information content (AvgIpc) is 2.82. The van der Waals surface area contributed by atoms with Gasteiger partial charge in [0.25, 0.3) is 0 Å². The largest absolute Gasteiger partial charge is 0.508 e. The third-order valence-electron chi connectivity index (χ3n) is 4.30. The zero-order valence-corrected chi connectivity index (χ0v) is 12.3. The van der Waals surface area contributed by atoms with Crippen molar-refractivity contribution in [3.63, 3.8) is 0 Å². The Kier molecular flexibility index (Phi) is 4.12. The van der Waals surface area contributed by atoms with Crippen LogP contribution in [0.3, 0.4) is 0 Å². The van der Waals surface area contributed by atoms with Gasteiger partial charge in [-0.3, -0.25) is 9.69 Å². The average molecular weight is 290 g/mol. The van der Waals surface area contributed by atoms with Gasteiger partial charge in [-0.2, -0.15) is 0 Å². The van der Waals surface area contributed by atoms with E-state index in [1.165, 1.54) is 0 Å². The van der Waals surface area contributed by atoms with E-state index in [2.05, 4.69) is 17.1 Å². The molecular weight excluding hydrogens is 268 g/mol. The Morgan fingerprint density at radius 2 is 2.24 bits per heavy atom. The summed E-state index contributed by atoms with van der Waals surface area (Å²) in [6.45, 7) is 4.68. The molecule has 0 radical (unpaired) electrons. The fraction of sp³-hybridized carbons (Fsp3) is 0.562. The number of hydrogen-bond donors (Lipinski definition) is 2. The van der Waals surface area contributed by atoms with Gasteiger partial charge in [0.05, 0.1) is 19.1 Å². The molecule has 2 N–H and O–H groups in total. The number of phenolic OH excluding ortho intramolecular Hbond substituents is 1. The van der Waals surface area contributed by atoms with Gasteiger partial charge in [-0.1, -0.05) is 18.2 Å². The SMILES string of the molecule is C[C@@H]1CN2C[C@@H](NC(=O)Cc3ccccc3O)C[C@H]2CO1. The molecule has 2 fully saturated rings. The molecular formula is C16H22N2O3. The summed E-state index contributed by atoms with van der Waals surface area (Å²) in [5.41, 5.74) is 0.669. The second-order valence-electron chi connectivity index (χ2n) is 6.06. The zero-order chi connectivity index (χ0) is 14.8. The minimum atomic E-state index is -0.0321. The minimum absolute atomic E-state index is 0.0321. The van der Waals surface area contributed by atoms with E-state index in [9.17, 15) is 9.90 Å². The van der Waals surface area contributed by atoms with E-state index < -0.39 is 0 Å². The summed E-state index contributed by atoms with van der Waals surface area (Å²) in [5, 5.41) is 12.8. The lowest BCUT2D eigenvalue weighted by Crippen LogP contribution is -2.45. The Morgan fingerprint density at radius 1 is 1.43 bits per heavy atom. The molecule has 1 amide bonds. The highest BCUT2D eigenvalue weighted by Gasteiger charge is 2.36. The van der Waals surface area contributed by atoms with Crippen molar-refractivity contribution >= 4 is 5.91 Å². The third kappa shape index (κ3) is 3.36. The Labute approximate surface area is 124 Å². The first-order valence-corrected chi connectivity index (χ1v) is 7.53. The van der Waals surface area contributed by atoms with Crippen molar-refractivity contribution in [2.75, 3.05) is 19.7 Å². The van der Waals surface area contributed by atoms with Gasteiger partial charge < -0.3 is 15.2 Å². The first-order chi connectivity index (χ1) is 10.1. The van der Waals surface area contributed by atoms with Crippen LogP contribution in [-0.4, -0.2) is 53.8 Å². The third-order valence-corrected chi connectivity index (χ3v) is 4.30. The first kappa shape index (κ1) is 14.4. The Balaban J connectivity index is 1.53. The van der Waals surface area contributed by atoms with E-state index in [1.807, 2.05) is 6.07 Å². The molecule has 5 nitrogen and oxygen atoms in total. The summed E-state index contributed by atoms with van der Waals surface area (Å²) in [5.74, 6) is 0.147. The number of carbonyl (C=O) groups excluding carboxylic acids is 1. The summed E-state index contributed by atoms with van der Waals surface area (Å²) in [6, 6.07) is 7.59. The normalized spacial score (nSPS) is 29.1. The lowest BCUT2D eigenvalue weighted by molar-refractivity contribution is -0.121. The summed E-state index contributed by atoms with van der Waals surface area (Å²) >= 11 is 0. The molecule has 2 aliphatic rings. The lowest BCUT2D eigenvalue weighted by atomic mass is 10.1. The van der Waals surface area contributed by atoms with Crippen molar-refractivity contribution < 1.29 is 14.6 Å². The number of amides is 1. The van der Waals surface area contributed by atoms with Crippen LogP contribution in [0.15, 0.2) is 24.3 Å². The summed E-state index contributed by atoms with van der Waals surface area (Å²) in [6.07, 6.45) is 1.44. The van der Waals surface area contributed by atoms with Crippen LogP contribution in [-0.2, 0) is 16.0 Å². The number of nitrogens with one attached hydrogen (secondary N) is 1. The zero-order valence-electron chi connectivity index (χ0n) is 12.3. The van der Waals surface area contributed by atoms with Gasteiger partial charge in [0.2, 0.25) is 5.91 Å². The Bertz CT molecular complexity index is 520. The van der Waals surface area contributed by atoms with Crippen molar-refractivity contribution in [3.8, 4) is 5.75 Å². The molecule has 0 unspecified atom stereocenters. The van der Waals surface area contributed by atoms with Crippen LogP contribution in [0.4, 0.5) is 0 Å². The molecule has 114 valence electrons. The molecule has 0 spiro atoms. The molecule has 0 saturated carbocycles. The second kappa shape index (κ2) is 6.03.